The molecule has 1 aromatic carbocycles. The number of amides is 1. The van der Waals surface area contributed by atoms with Crippen molar-refractivity contribution in [1.82, 2.24) is 9.29 Å². The number of ether oxygens (including phenoxy) is 1. The summed E-state index contributed by atoms with van der Waals surface area (Å²) in [5.41, 5.74) is -0.00350. The number of nitrogens with one attached hydrogen (secondary N) is 2. The van der Waals surface area contributed by atoms with Gasteiger partial charge in [-0.05, 0) is 24.6 Å². The largest absolute Gasteiger partial charge is 0.488 e. The fraction of sp³-hybridized carbons (Fsp3) is 0.294. The van der Waals surface area contributed by atoms with Crippen LogP contribution in [0.4, 0.5) is 10.1 Å². The summed E-state index contributed by atoms with van der Waals surface area (Å²) < 4.78 is 48.0. The molecule has 0 saturated heterocycles. The molecule has 1 aliphatic rings. The maximum absolute atomic E-state index is 13.4. The molecule has 1 atom stereocenters. The Kier molecular flexibility index (Phi) is 4.91. The molecule has 27 heavy (non-hydrogen) atoms. The number of aryl methyl sites for hydroxylation is 1. The summed E-state index contributed by atoms with van der Waals surface area (Å²) >= 11 is 0. The second-order valence-corrected chi connectivity index (χ2v) is 7.76. The number of aromatic nitrogens is 1. The zero-order valence-corrected chi connectivity index (χ0v) is 15.4. The summed E-state index contributed by atoms with van der Waals surface area (Å²) in [6, 6.07) is 4.86. The number of benzene rings is 1. The third kappa shape index (κ3) is 3.51. The summed E-state index contributed by atoms with van der Waals surface area (Å²) in [4.78, 5) is 12.6. The number of anilines is 1. The Morgan fingerprint density at radius 2 is 2.26 bits per heavy atom. The normalized spacial score (nSPS) is 17.9. The van der Waals surface area contributed by atoms with Gasteiger partial charge in [0.25, 0.3) is 5.91 Å². The van der Waals surface area contributed by atoms with E-state index in [-0.39, 0.29) is 34.2 Å². The van der Waals surface area contributed by atoms with Crippen LogP contribution >= 0.6 is 0 Å². The van der Waals surface area contributed by atoms with Crippen molar-refractivity contribution in [1.29, 1.82) is 5.26 Å². The minimum absolute atomic E-state index is 0.00922. The zero-order chi connectivity index (χ0) is 19.8. The topological polar surface area (TPSA) is 113 Å². The van der Waals surface area contributed by atoms with Crippen LogP contribution in [0.25, 0.3) is 0 Å². The Labute approximate surface area is 155 Å². The molecule has 1 unspecified atom stereocenters. The number of hydrogen-bond donors (Lipinski definition) is 2. The van der Waals surface area contributed by atoms with Gasteiger partial charge in [0, 0.05) is 18.9 Å². The fourth-order valence-electron chi connectivity index (χ4n) is 2.75. The second kappa shape index (κ2) is 7.02. The van der Waals surface area contributed by atoms with Crippen LogP contribution < -0.4 is 14.8 Å². The van der Waals surface area contributed by atoms with E-state index in [1.807, 2.05) is 6.92 Å². The summed E-state index contributed by atoms with van der Waals surface area (Å²) in [6.07, 6.45) is 1.83. The number of sulfonamides is 1. The number of halogens is 1. The van der Waals surface area contributed by atoms with Crippen molar-refractivity contribution >= 4 is 21.6 Å². The van der Waals surface area contributed by atoms with Gasteiger partial charge >= 0.3 is 0 Å². The van der Waals surface area contributed by atoms with Gasteiger partial charge in [-0.25, -0.2) is 17.5 Å². The minimum Gasteiger partial charge on any atom is -0.488 e. The third-order valence-electron chi connectivity index (χ3n) is 4.20. The lowest BCUT2D eigenvalue weighted by atomic mass is 10.2. The van der Waals surface area contributed by atoms with Crippen molar-refractivity contribution in [2.45, 2.75) is 24.3 Å². The van der Waals surface area contributed by atoms with Crippen molar-refractivity contribution in [3.8, 4) is 11.8 Å². The molecule has 1 aromatic heterocycles. The smallest absolute Gasteiger partial charge is 0.276 e. The van der Waals surface area contributed by atoms with E-state index in [4.69, 9.17) is 10.00 Å². The van der Waals surface area contributed by atoms with Gasteiger partial charge in [-0.3, -0.25) is 4.79 Å². The van der Waals surface area contributed by atoms with Gasteiger partial charge in [-0.1, -0.05) is 6.92 Å². The lowest BCUT2D eigenvalue weighted by Crippen LogP contribution is -2.36. The van der Waals surface area contributed by atoms with Gasteiger partial charge in [0.05, 0.1) is 11.6 Å². The molecule has 2 N–H and O–H groups in total. The van der Waals surface area contributed by atoms with Crippen molar-refractivity contribution < 1.29 is 22.3 Å². The van der Waals surface area contributed by atoms with E-state index in [1.54, 1.807) is 6.07 Å². The lowest BCUT2D eigenvalue weighted by Gasteiger charge is -2.13. The first-order chi connectivity index (χ1) is 12.8. The lowest BCUT2D eigenvalue weighted by molar-refractivity contribution is 0.101. The number of nitriles is 1. The number of carbonyl (C=O) groups is 1. The molecule has 0 spiro atoms. The molecule has 0 bridgehead atoms. The first-order valence-corrected chi connectivity index (χ1v) is 9.60. The summed E-state index contributed by atoms with van der Waals surface area (Å²) in [7, 11) is -2.31. The molecule has 0 saturated carbocycles. The summed E-state index contributed by atoms with van der Waals surface area (Å²) in [5.74, 6) is -1.38. The van der Waals surface area contributed by atoms with E-state index >= 15 is 0 Å². The molecular formula is C17H17FN4O4S. The first-order valence-electron chi connectivity index (χ1n) is 8.12. The van der Waals surface area contributed by atoms with Crippen LogP contribution in [0.3, 0.4) is 0 Å². The van der Waals surface area contributed by atoms with Crippen molar-refractivity contribution in [3.05, 3.63) is 41.5 Å². The van der Waals surface area contributed by atoms with Crippen LogP contribution in [0.5, 0.6) is 5.75 Å². The van der Waals surface area contributed by atoms with E-state index in [0.29, 0.717) is 6.42 Å². The highest BCUT2D eigenvalue weighted by atomic mass is 32.2. The molecule has 10 heteroatoms. The van der Waals surface area contributed by atoms with E-state index < -0.39 is 27.8 Å². The number of carbonyl (C=O) groups excluding carboxylic acids is 1. The molecule has 2 heterocycles. The highest BCUT2D eigenvalue weighted by molar-refractivity contribution is 7.89. The van der Waals surface area contributed by atoms with E-state index in [9.17, 15) is 17.6 Å². The van der Waals surface area contributed by atoms with E-state index in [0.717, 1.165) is 6.07 Å². The van der Waals surface area contributed by atoms with Crippen LogP contribution in [-0.2, 0) is 17.1 Å². The maximum Gasteiger partial charge on any atom is 0.276 e. The Hall–Kier alpha value is -2.90. The van der Waals surface area contributed by atoms with Gasteiger partial charge < -0.3 is 14.6 Å². The highest BCUT2D eigenvalue weighted by Gasteiger charge is 2.34. The number of nitrogens with zero attached hydrogens (tertiary/aromatic N) is 2. The quantitative estimate of drug-likeness (QED) is 0.826. The van der Waals surface area contributed by atoms with Crippen LogP contribution in [0, 0.1) is 17.1 Å². The van der Waals surface area contributed by atoms with Crippen molar-refractivity contribution in [2.75, 3.05) is 11.9 Å². The van der Waals surface area contributed by atoms with Gasteiger partial charge in [-0.15, -0.1) is 0 Å². The molecule has 1 aliphatic heterocycles. The average Bonchev–Trinajstić information content (AvgIpc) is 2.91. The number of hydrogen-bond acceptors (Lipinski definition) is 5. The van der Waals surface area contributed by atoms with Crippen LogP contribution in [0.2, 0.25) is 0 Å². The predicted molar refractivity (Wildman–Crippen MR) is 94.4 cm³/mol. The maximum atomic E-state index is 13.4. The van der Waals surface area contributed by atoms with Crippen LogP contribution in [-0.4, -0.2) is 31.5 Å². The van der Waals surface area contributed by atoms with Crippen LogP contribution in [0.15, 0.2) is 29.3 Å². The van der Waals surface area contributed by atoms with Gasteiger partial charge in [0.2, 0.25) is 10.0 Å². The average molecular weight is 392 g/mol. The summed E-state index contributed by atoms with van der Waals surface area (Å²) in [6.45, 7) is 1.91. The van der Waals surface area contributed by atoms with Crippen LogP contribution in [0.1, 0.15) is 29.4 Å². The second-order valence-electron chi connectivity index (χ2n) is 6.08. The zero-order valence-electron chi connectivity index (χ0n) is 14.6. The Balaban J connectivity index is 1.98. The Morgan fingerprint density at radius 1 is 1.52 bits per heavy atom. The van der Waals surface area contributed by atoms with Gasteiger partial charge in [0.1, 0.15) is 23.4 Å². The third-order valence-corrected chi connectivity index (χ3v) is 5.71. The standard InChI is InChI=1S/C17H17FN4O4S/c1-3-11-9-26-16-14(27(24,25)21-11)8-22(2)15(16)17(23)20-12-4-5-13(18)10(6-12)7-19/h4-6,8,11,21H,3,9H2,1-2H3,(H,20,23). The summed E-state index contributed by atoms with van der Waals surface area (Å²) in [5, 5.41) is 11.4. The van der Waals surface area contributed by atoms with Crippen molar-refractivity contribution in [2.24, 2.45) is 7.05 Å². The molecular weight excluding hydrogens is 375 g/mol. The number of rotatable bonds is 3. The SMILES string of the molecule is CCC1COc2c(cn(C)c2C(=O)Nc2ccc(F)c(C#N)c2)S(=O)(=O)N1. The first kappa shape index (κ1) is 18.9. The number of fused-ring (bicyclic) bond motifs is 1. The monoisotopic (exact) mass is 392 g/mol. The van der Waals surface area contributed by atoms with Gasteiger partial charge in [-0.2, -0.15) is 5.26 Å². The van der Waals surface area contributed by atoms with Crippen molar-refractivity contribution in [3.63, 3.8) is 0 Å². The molecule has 0 radical (unpaired) electrons. The molecule has 1 amide bonds. The Morgan fingerprint density at radius 3 is 2.93 bits per heavy atom. The highest BCUT2D eigenvalue weighted by Crippen LogP contribution is 2.33. The molecule has 3 rings (SSSR count). The molecule has 142 valence electrons. The predicted octanol–water partition coefficient (Wildman–Crippen LogP) is 1.74. The van der Waals surface area contributed by atoms with Gasteiger partial charge in [0.15, 0.2) is 11.4 Å². The molecule has 0 aliphatic carbocycles. The minimum atomic E-state index is -3.83. The van der Waals surface area contributed by atoms with E-state index in [2.05, 4.69) is 10.0 Å². The fourth-order valence-corrected chi connectivity index (χ4v) is 4.25. The molecule has 8 nitrogen and oxygen atoms in total. The van der Waals surface area contributed by atoms with E-state index in [1.165, 1.54) is 29.9 Å². The Bertz CT molecular complexity index is 1060. The molecule has 2 aromatic rings. The molecule has 0 fully saturated rings.